The molecule has 3 rings (SSSR count). The first-order valence-electron chi connectivity index (χ1n) is 9.43. The quantitative estimate of drug-likeness (QED) is 0.694. The van der Waals surface area contributed by atoms with Gasteiger partial charge in [0.1, 0.15) is 6.04 Å². The summed E-state index contributed by atoms with van der Waals surface area (Å²) in [5.74, 6) is 0.561. The van der Waals surface area contributed by atoms with Gasteiger partial charge in [-0.15, -0.1) is 11.8 Å². The van der Waals surface area contributed by atoms with Crippen molar-refractivity contribution in [3.05, 3.63) is 63.9 Å². The molecule has 0 saturated carbocycles. The first-order chi connectivity index (χ1) is 13.9. The Labute approximate surface area is 185 Å². The molecule has 0 aliphatic carbocycles. The van der Waals surface area contributed by atoms with Crippen molar-refractivity contribution >= 4 is 46.8 Å². The van der Waals surface area contributed by atoms with Gasteiger partial charge in [0.05, 0.1) is 27.7 Å². The Morgan fingerprint density at radius 1 is 1.24 bits per heavy atom. The second kappa shape index (κ2) is 9.83. The summed E-state index contributed by atoms with van der Waals surface area (Å²) < 4.78 is 0. The first-order valence-corrected chi connectivity index (χ1v) is 11.2. The number of nitrogens with zero attached hydrogens (tertiary/aromatic N) is 2. The lowest BCUT2D eigenvalue weighted by molar-refractivity contribution is -0.125. The van der Waals surface area contributed by atoms with E-state index in [1.54, 1.807) is 41.1 Å². The molecule has 0 spiro atoms. The molecule has 154 valence electrons. The monoisotopic (exact) mass is 451 g/mol. The molecule has 2 amide bonds. The molecule has 1 aromatic heterocycles. The third kappa shape index (κ3) is 5.44. The lowest BCUT2D eigenvalue weighted by Gasteiger charge is -2.30. The summed E-state index contributed by atoms with van der Waals surface area (Å²) in [6.07, 6.45) is 2.49. The van der Waals surface area contributed by atoms with E-state index in [9.17, 15) is 9.59 Å². The molecule has 29 heavy (non-hydrogen) atoms. The van der Waals surface area contributed by atoms with E-state index in [0.29, 0.717) is 33.8 Å². The fourth-order valence-corrected chi connectivity index (χ4v) is 5.14. The number of benzene rings is 1. The van der Waals surface area contributed by atoms with E-state index in [1.165, 1.54) is 0 Å². The van der Waals surface area contributed by atoms with Crippen LogP contribution in [-0.4, -0.2) is 38.9 Å². The predicted octanol–water partition coefficient (Wildman–Crippen LogP) is 4.63. The number of thioether (sulfide) groups is 1. The third-order valence-corrected chi connectivity index (χ3v) is 6.69. The topological polar surface area (TPSA) is 62.3 Å². The summed E-state index contributed by atoms with van der Waals surface area (Å²) in [4.78, 5) is 32.2. The summed E-state index contributed by atoms with van der Waals surface area (Å²) in [6.45, 7) is 4.54. The number of nitrogens with one attached hydrogen (secondary N) is 1. The van der Waals surface area contributed by atoms with E-state index >= 15 is 0 Å². The van der Waals surface area contributed by atoms with Gasteiger partial charge in [-0.05, 0) is 42.7 Å². The van der Waals surface area contributed by atoms with Gasteiger partial charge in [-0.3, -0.25) is 14.6 Å². The van der Waals surface area contributed by atoms with Crippen LogP contribution in [0.4, 0.5) is 0 Å². The van der Waals surface area contributed by atoms with Crippen LogP contribution in [0.15, 0.2) is 42.6 Å². The van der Waals surface area contributed by atoms with Crippen molar-refractivity contribution in [1.82, 2.24) is 15.2 Å². The van der Waals surface area contributed by atoms with E-state index in [-0.39, 0.29) is 17.2 Å². The van der Waals surface area contributed by atoms with Gasteiger partial charge in [-0.2, -0.15) is 0 Å². The lowest BCUT2D eigenvalue weighted by Crippen LogP contribution is -2.50. The number of pyridine rings is 1. The number of carbonyl (C=O) groups excluding carboxylic acids is 2. The van der Waals surface area contributed by atoms with Crippen LogP contribution in [0.5, 0.6) is 0 Å². The molecule has 1 N–H and O–H groups in total. The molecule has 1 saturated heterocycles. The van der Waals surface area contributed by atoms with Gasteiger partial charge >= 0.3 is 0 Å². The fourth-order valence-electron chi connectivity index (χ4n) is 3.20. The smallest absolute Gasteiger partial charge is 0.255 e. The number of halogens is 2. The minimum atomic E-state index is -0.547. The van der Waals surface area contributed by atoms with Gasteiger partial charge in [-0.25, -0.2) is 0 Å². The molecule has 2 aromatic rings. The number of rotatable bonds is 6. The predicted molar refractivity (Wildman–Crippen MR) is 118 cm³/mol. The molecular formula is C21H23Cl2N3O2S. The SMILES string of the molecule is CC(C)CC1SCC(C(=O)NCc2ccccn2)N1C(=O)c1ccc(Cl)c(Cl)c1. The normalized spacial score (nSPS) is 18.9. The average molecular weight is 452 g/mol. The van der Waals surface area contributed by atoms with Gasteiger partial charge in [0.25, 0.3) is 5.91 Å². The Morgan fingerprint density at radius 2 is 2.03 bits per heavy atom. The number of amides is 2. The second-order valence-corrected chi connectivity index (χ2v) is 9.34. The fraction of sp³-hybridized carbons (Fsp3) is 0.381. The van der Waals surface area contributed by atoms with Crippen LogP contribution < -0.4 is 5.32 Å². The Bertz CT molecular complexity index is 879. The van der Waals surface area contributed by atoms with Crippen LogP contribution >= 0.6 is 35.0 Å². The maximum Gasteiger partial charge on any atom is 0.255 e. The number of aromatic nitrogens is 1. The van der Waals surface area contributed by atoms with Crippen LogP contribution in [0.2, 0.25) is 10.0 Å². The van der Waals surface area contributed by atoms with Gasteiger partial charge < -0.3 is 10.2 Å². The summed E-state index contributed by atoms with van der Waals surface area (Å²) in [7, 11) is 0. The highest BCUT2D eigenvalue weighted by Gasteiger charge is 2.41. The minimum absolute atomic E-state index is 0.0671. The largest absolute Gasteiger partial charge is 0.349 e. The van der Waals surface area contributed by atoms with Crippen molar-refractivity contribution < 1.29 is 9.59 Å². The summed E-state index contributed by atoms with van der Waals surface area (Å²) in [5.41, 5.74) is 1.20. The van der Waals surface area contributed by atoms with E-state index in [1.807, 2.05) is 18.2 Å². The molecular weight excluding hydrogens is 429 g/mol. The molecule has 5 nitrogen and oxygen atoms in total. The molecule has 2 atom stereocenters. The van der Waals surface area contributed by atoms with Crippen molar-refractivity contribution in [2.45, 2.75) is 38.2 Å². The van der Waals surface area contributed by atoms with E-state index in [2.05, 4.69) is 24.1 Å². The van der Waals surface area contributed by atoms with Gasteiger partial charge in [0.2, 0.25) is 5.91 Å². The lowest BCUT2D eigenvalue weighted by atomic mass is 10.1. The Balaban J connectivity index is 1.79. The van der Waals surface area contributed by atoms with Crippen molar-refractivity contribution in [2.75, 3.05) is 5.75 Å². The van der Waals surface area contributed by atoms with Crippen LogP contribution in [0.25, 0.3) is 0 Å². The van der Waals surface area contributed by atoms with E-state index < -0.39 is 6.04 Å². The average Bonchev–Trinajstić information content (AvgIpc) is 3.11. The number of carbonyl (C=O) groups is 2. The zero-order valence-corrected chi connectivity index (χ0v) is 18.6. The molecule has 2 unspecified atom stereocenters. The molecule has 0 radical (unpaired) electrons. The highest BCUT2D eigenvalue weighted by atomic mass is 35.5. The molecule has 1 fully saturated rings. The zero-order valence-electron chi connectivity index (χ0n) is 16.3. The van der Waals surface area contributed by atoms with Gasteiger partial charge in [-0.1, -0.05) is 43.1 Å². The van der Waals surface area contributed by atoms with Crippen molar-refractivity contribution in [3.8, 4) is 0 Å². The standard InChI is InChI=1S/C21H23Cl2N3O2S/c1-13(2)9-19-26(21(28)14-6-7-16(22)17(23)10-14)18(12-29-19)20(27)25-11-15-5-3-4-8-24-15/h3-8,10,13,18-19H,9,11-12H2,1-2H3,(H,25,27). The number of hydrogen-bond donors (Lipinski definition) is 1. The maximum atomic E-state index is 13.3. The molecule has 8 heteroatoms. The van der Waals surface area contributed by atoms with Crippen LogP contribution in [-0.2, 0) is 11.3 Å². The van der Waals surface area contributed by atoms with Crippen LogP contribution in [0.1, 0.15) is 36.3 Å². The minimum Gasteiger partial charge on any atom is -0.349 e. The summed E-state index contributed by atoms with van der Waals surface area (Å²) >= 11 is 13.7. The summed E-state index contributed by atoms with van der Waals surface area (Å²) in [6, 6.07) is 9.82. The van der Waals surface area contributed by atoms with Crippen molar-refractivity contribution in [3.63, 3.8) is 0 Å². The Morgan fingerprint density at radius 3 is 2.69 bits per heavy atom. The molecule has 2 heterocycles. The van der Waals surface area contributed by atoms with Gasteiger partial charge in [0.15, 0.2) is 0 Å². The van der Waals surface area contributed by atoms with Crippen LogP contribution in [0, 0.1) is 5.92 Å². The Kier molecular flexibility index (Phi) is 7.44. The first kappa shape index (κ1) is 21.9. The van der Waals surface area contributed by atoms with E-state index in [4.69, 9.17) is 23.2 Å². The zero-order chi connectivity index (χ0) is 21.0. The molecule has 1 aliphatic heterocycles. The van der Waals surface area contributed by atoms with Crippen LogP contribution in [0.3, 0.4) is 0 Å². The van der Waals surface area contributed by atoms with Crippen molar-refractivity contribution in [2.24, 2.45) is 5.92 Å². The third-order valence-electron chi connectivity index (χ3n) is 4.64. The molecule has 1 aliphatic rings. The van der Waals surface area contributed by atoms with E-state index in [0.717, 1.165) is 12.1 Å². The summed E-state index contributed by atoms with van der Waals surface area (Å²) in [5, 5.41) is 3.56. The molecule has 1 aromatic carbocycles. The van der Waals surface area contributed by atoms with Gasteiger partial charge in [0, 0.05) is 17.5 Å². The second-order valence-electron chi connectivity index (χ2n) is 7.31. The molecule has 0 bridgehead atoms. The highest BCUT2D eigenvalue weighted by molar-refractivity contribution is 8.00. The maximum absolute atomic E-state index is 13.3. The van der Waals surface area contributed by atoms with Crippen molar-refractivity contribution in [1.29, 1.82) is 0 Å². The number of hydrogen-bond acceptors (Lipinski definition) is 4. The Hall–Kier alpha value is -1.76. The highest BCUT2D eigenvalue weighted by Crippen LogP contribution is 2.35.